The van der Waals surface area contributed by atoms with Crippen LogP contribution in [0.1, 0.15) is 36.6 Å². The molecule has 0 spiro atoms. The van der Waals surface area contributed by atoms with Gasteiger partial charge in [-0.15, -0.1) is 0 Å². The Balaban J connectivity index is 1.61. The summed E-state index contributed by atoms with van der Waals surface area (Å²) in [7, 11) is 0. The van der Waals surface area contributed by atoms with Gasteiger partial charge < -0.3 is 9.47 Å². The maximum Gasteiger partial charge on any atom is 0.338 e. The zero-order valence-corrected chi connectivity index (χ0v) is 23.5. The Morgan fingerprint density at radius 1 is 1.08 bits per heavy atom. The summed E-state index contributed by atoms with van der Waals surface area (Å²) in [5.74, 6) is 0.0899. The molecule has 0 unspecified atom stereocenters. The number of benzene rings is 3. The van der Waals surface area contributed by atoms with Crippen LogP contribution in [0, 0.1) is 0 Å². The van der Waals surface area contributed by atoms with Crippen molar-refractivity contribution < 1.29 is 14.3 Å². The molecular formula is C30H24Cl2N2O4S. The molecule has 4 aromatic rings. The fourth-order valence-electron chi connectivity index (χ4n) is 4.44. The fourth-order valence-corrected chi connectivity index (χ4v) is 5.93. The van der Waals surface area contributed by atoms with Crippen LogP contribution in [0.4, 0.5) is 0 Å². The van der Waals surface area contributed by atoms with Crippen molar-refractivity contribution in [3.63, 3.8) is 0 Å². The molecule has 0 fully saturated rings. The molecule has 5 rings (SSSR count). The van der Waals surface area contributed by atoms with Crippen LogP contribution in [0.3, 0.4) is 0 Å². The molecule has 0 saturated heterocycles. The highest BCUT2D eigenvalue weighted by atomic mass is 35.5. The minimum absolute atomic E-state index is 0.196. The van der Waals surface area contributed by atoms with E-state index < -0.39 is 12.0 Å². The number of hydrogen-bond acceptors (Lipinski definition) is 6. The van der Waals surface area contributed by atoms with E-state index in [1.165, 1.54) is 15.9 Å². The number of esters is 1. The highest BCUT2D eigenvalue weighted by Gasteiger charge is 2.34. The van der Waals surface area contributed by atoms with Crippen molar-refractivity contribution in [3.8, 4) is 5.75 Å². The van der Waals surface area contributed by atoms with Crippen LogP contribution in [0.2, 0.25) is 10.0 Å². The van der Waals surface area contributed by atoms with Crippen molar-refractivity contribution in [1.29, 1.82) is 0 Å². The Morgan fingerprint density at radius 3 is 2.62 bits per heavy atom. The van der Waals surface area contributed by atoms with E-state index in [4.69, 9.17) is 32.7 Å². The van der Waals surface area contributed by atoms with Gasteiger partial charge in [0.2, 0.25) is 0 Å². The largest absolute Gasteiger partial charge is 0.488 e. The van der Waals surface area contributed by atoms with Crippen LogP contribution < -0.4 is 19.6 Å². The van der Waals surface area contributed by atoms with Crippen LogP contribution in [-0.2, 0) is 16.1 Å². The third-order valence-electron chi connectivity index (χ3n) is 6.21. The summed E-state index contributed by atoms with van der Waals surface area (Å²) in [4.78, 5) is 32.0. The van der Waals surface area contributed by atoms with Crippen molar-refractivity contribution in [2.24, 2.45) is 4.99 Å². The standard InChI is InChI=1S/C30H24Cl2N2O4S/c1-3-37-29(36)26-18(2)33-30-34(27(26)22-12-5-6-13-23(22)32)28(35)25(39-30)16-20-10-4-7-14-24(20)38-17-19-9-8-11-21(31)15-19/h4-16,27H,3,17H2,1-2H3/b25-16-/t27-/m1/s1. The number of carbonyl (C=O) groups excluding carboxylic acids is 1. The molecule has 1 aliphatic heterocycles. The number of fused-ring (bicyclic) bond motifs is 1. The Labute approximate surface area is 239 Å². The number of halogens is 2. The number of nitrogens with zero attached hydrogens (tertiary/aromatic N) is 2. The normalized spacial score (nSPS) is 15.1. The highest BCUT2D eigenvalue weighted by molar-refractivity contribution is 7.07. The van der Waals surface area contributed by atoms with Crippen molar-refractivity contribution in [3.05, 3.63) is 130 Å². The molecule has 198 valence electrons. The first-order valence-corrected chi connectivity index (χ1v) is 13.8. The molecule has 0 bridgehead atoms. The van der Waals surface area contributed by atoms with Gasteiger partial charge in [0.25, 0.3) is 5.56 Å². The minimum Gasteiger partial charge on any atom is -0.488 e. The Hall–Kier alpha value is -3.65. The second-order valence-corrected chi connectivity index (χ2v) is 10.6. The van der Waals surface area contributed by atoms with E-state index in [-0.39, 0.29) is 17.7 Å². The predicted octanol–water partition coefficient (Wildman–Crippen LogP) is 5.68. The number of aromatic nitrogens is 1. The van der Waals surface area contributed by atoms with Crippen LogP contribution >= 0.6 is 34.5 Å². The molecule has 9 heteroatoms. The minimum atomic E-state index is -0.773. The first kappa shape index (κ1) is 26.9. The molecule has 1 aromatic heterocycles. The average molecular weight is 580 g/mol. The molecule has 2 heterocycles. The third-order valence-corrected chi connectivity index (χ3v) is 7.77. The van der Waals surface area contributed by atoms with Crippen molar-refractivity contribution in [2.45, 2.75) is 26.5 Å². The smallest absolute Gasteiger partial charge is 0.338 e. The molecular weight excluding hydrogens is 555 g/mol. The Bertz CT molecular complexity index is 1770. The summed E-state index contributed by atoms with van der Waals surface area (Å²) < 4.78 is 13.4. The van der Waals surface area contributed by atoms with Gasteiger partial charge in [-0.2, -0.15) is 0 Å². The van der Waals surface area contributed by atoms with Crippen LogP contribution in [0.25, 0.3) is 6.08 Å². The number of ether oxygens (including phenoxy) is 2. The molecule has 39 heavy (non-hydrogen) atoms. The molecule has 0 amide bonds. The second kappa shape index (κ2) is 11.6. The summed E-state index contributed by atoms with van der Waals surface area (Å²) in [5.41, 5.74) is 2.77. The topological polar surface area (TPSA) is 69.9 Å². The predicted molar refractivity (Wildman–Crippen MR) is 154 cm³/mol. The van der Waals surface area contributed by atoms with E-state index in [2.05, 4.69) is 4.99 Å². The van der Waals surface area contributed by atoms with E-state index in [1.807, 2.05) is 54.6 Å². The van der Waals surface area contributed by atoms with Crippen LogP contribution in [0.15, 0.2) is 93.9 Å². The van der Waals surface area contributed by atoms with Gasteiger partial charge in [0.1, 0.15) is 18.4 Å². The first-order chi connectivity index (χ1) is 18.9. The Morgan fingerprint density at radius 2 is 1.85 bits per heavy atom. The number of rotatable bonds is 7. The number of carbonyl (C=O) groups is 1. The molecule has 0 radical (unpaired) electrons. The average Bonchev–Trinajstić information content (AvgIpc) is 3.22. The molecule has 1 atom stereocenters. The van der Waals surface area contributed by atoms with Crippen LogP contribution in [0.5, 0.6) is 5.75 Å². The molecule has 0 aliphatic carbocycles. The highest BCUT2D eigenvalue weighted by Crippen LogP contribution is 2.34. The third kappa shape index (κ3) is 5.57. The summed E-state index contributed by atoms with van der Waals surface area (Å²) in [5, 5.41) is 1.07. The monoisotopic (exact) mass is 578 g/mol. The van der Waals surface area contributed by atoms with Gasteiger partial charge in [0.05, 0.1) is 22.4 Å². The SMILES string of the molecule is CCOC(=O)C1=C(C)N=c2s/c(=C\c3ccccc3OCc3cccc(Cl)c3)c(=O)n2[C@@H]1c1ccccc1Cl. The van der Waals surface area contributed by atoms with Gasteiger partial charge in [-0.1, -0.05) is 83.1 Å². The lowest BCUT2D eigenvalue weighted by Gasteiger charge is -2.25. The molecule has 0 N–H and O–H groups in total. The van der Waals surface area contributed by atoms with E-state index in [0.717, 1.165) is 11.1 Å². The fraction of sp³-hybridized carbons (Fsp3) is 0.167. The van der Waals surface area contributed by atoms with Gasteiger partial charge >= 0.3 is 5.97 Å². The maximum absolute atomic E-state index is 13.9. The maximum atomic E-state index is 13.9. The summed E-state index contributed by atoms with van der Waals surface area (Å²) in [6.07, 6.45) is 1.78. The van der Waals surface area contributed by atoms with Crippen molar-refractivity contribution in [2.75, 3.05) is 6.61 Å². The van der Waals surface area contributed by atoms with E-state index in [1.54, 1.807) is 38.1 Å². The lowest BCUT2D eigenvalue weighted by molar-refractivity contribution is -0.139. The quantitative estimate of drug-likeness (QED) is 0.264. The first-order valence-electron chi connectivity index (χ1n) is 12.3. The number of para-hydroxylation sites is 1. The number of hydrogen-bond donors (Lipinski definition) is 0. The molecule has 6 nitrogen and oxygen atoms in total. The van der Waals surface area contributed by atoms with Gasteiger partial charge in [-0.25, -0.2) is 9.79 Å². The number of thiazole rings is 1. The lowest BCUT2D eigenvalue weighted by atomic mass is 9.96. The molecule has 3 aromatic carbocycles. The van der Waals surface area contributed by atoms with E-state index in [9.17, 15) is 9.59 Å². The van der Waals surface area contributed by atoms with Gasteiger partial charge in [0.15, 0.2) is 4.80 Å². The van der Waals surface area contributed by atoms with Crippen molar-refractivity contribution >= 4 is 46.6 Å². The van der Waals surface area contributed by atoms with Crippen molar-refractivity contribution in [1.82, 2.24) is 4.57 Å². The van der Waals surface area contributed by atoms with E-state index in [0.29, 0.717) is 43.0 Å². The zero-order valence-electron chi connectivity index (χ0n) is 21.2. The summed E-state index contributed by atoms with van der Waals surface area (Å²) in [6, 6.07) is 21.3. The van der Waals surface area contributed by atoms with Gasteiger partial charge in [-0.05, 0) is 55.3 Å². The summed E-state index contributed by atoms with van der Waals surface area (Å²) >= 11 is 13.9. The summed E-state index contributed by atoms with van der Waals surface area (Å²) in [6.45, 7) is 3.99. The molecule has 0 saturated carbocycles. The molecule has 1 aliphatic rings. The van der Waals surface area contributed by atoms with E-state index >= 15 is 0 Å². The lowest BCUT2D eigenvalue weighted by Crippen LogP contribution is -2.40. The van der Waals surface area contributed by atoms with Crippen LogP contribution in [-0.4, -0.2) is 17.1 Å². The second-order valence-electron chi connectivity index (χ2n) is 8.78. The Kier molecular flexibility index (Phi) is 8.02. The van der Waals surface area contributed by atoms with Gasteiger partial charge in [0, 0.05) is 15.6 Å². The zero-order chi connectivity index (χ0) is 27.5. The van der Waals surface area contributed by atoms with Gasteiger partial charge in [-0.3, -0.25) is 9.36 Å². The number of allylic oxidation sites excluding steroid dienone is 1.